The van der Waals surface area contributed by atoms with Gasteiger partial charge in [-0.05, 0) is 36.8 Å². The fourth-order valence-electron chi connectivity index (χ4n) is 2.06. The number of anilines is 1. The predicted molar refractivity (Wildman–Crippen MR) is 89.4 cm³/mol. The van der Waals surface area contributed by atoms with Crippen LogP contribution in [0.4, 0.5) is 11.4 Å². The molecule has 0 bridgehead atoms. The third kappa shape index (κ3) is 4.45. The Labute approximate surface area is 139 Å². The summed E-state index contributed by atoms with van der Waals surface area (Å²) < 4.78 is 10.7. The number of ether oxygens (including phenoxy) is 2. The van der Waals surface area contributed by atoms with Crippen LogP contribution in [-0.4, -0.2) is 24.0 Å². The molecule has 0 radical (unpaired) electrons. The number of hydrogen-bond acceptors (Lipinski definition) is 5. The number of amides is 1. The quantitative estimate of drug-likeness (QED) is 0.620. The number of hydrogen-bond donors (Lipinski definition) is 1. The number of non-ortho nitro benzene ring substituents is 1. The lowest BCUT2D eigenvalue weighted by atomic mass is 10.2. The van der Waals surface area contributed by atoms with Crippen molar-refractivity contribution in [1.82, 2.24) is 0 Å². The van der Waals surface area contributed by atoms with Crippen molar-refractivity contribution in [2.24, 2.45) is 0 Å². The van der Waals surface area contributed by atoms with E-state index in [2.05, 4.69) is 5.32 Å². The summed E-state index contributed by atoms with van der Waals surface area (Å²) in [5.74, 6) is 0.863. The van der Waals surface area contributed by atoms with Gasteiger partial charge in [-0.2, -0.15) is 0 Å². The van der Waals surface area contributed by atoms with Gasteiger partial charge in [-0.1, -0.05) is 13.0 Å². The molecule has 0 unspecified atom stereocenters. The number of benzene rings is 2. The van der Waals surface area contributed by atoms with Gasteiger partial charge < -0.3 is 14.8 Å². The summed E-state index contributed by atoms with van der Waals surface area (Å²) in [6, 6.07) is 12.7. The first-order valence-corrected chi connectivity index (χ1v) is 7.39. The smallest absolute Gasteiger partial charge is 0.271 e. The molecule has 0 aliphatic rings. The van der Waals surface area contributed by atoms with E-state index in [-0.39, 0.29) is 11.6 Å². The molecule has 0 spiro atoms. The molecule has 0 aliphatic heterocycles. The average Bonchev–Trinajstić information content (AvgIpc) is 2.60. The fraction of sp³-hybridized carbons (Fsp3) is 0.235. The molecule has 0 saturated heterocycles. The van der Waals surface area contributed by atoms with Crippen molar-refractivity contribution >= 4 is 17.3 Å². The fourth-order valence-corrected chi connectivity index (χ4v) is 2.06. The summed E-state index contributed by atoms with van der Waals surface area (Å²) >= 11 is 0. The molecule has 0 heterocycles. The summed E-state index contributed by atoms with van der Waals surface area (Å²) in [5, 5.41) is 13.4. The Kier molecular flexibility index (Phi) is 5.73. The van der Waals surface area contributed by atoms with Gasteiger partial charge in [-0.3, -0.25) is 14.9 Å². The number of methoxy groups -OCH3 is 1. The van der Waals surface area contributed by atoms with Gasteiger partial charge in [0.05, 0.1) is 12.0 Å². The maximum atomic E-state index is 12.3. The van der Waals surface area contributed by atoms with E-state index < -0.39 is 11.0 Å². The molecule has 24 heavy (non-hydrogen) atoms. The van der Waals surface area contributed by atoms with Crippen LogP contribution >= 0.6 is 0 Å². The van der Waals surface area contributed by atoms with E-state index in [1.807, 2.05) is 6.92 Å². The Morgan fingerprint density at radius 3 is 2.46 bits per heavy atom. The van der Waals surface area contributed by atoms with Crippen LogP contribution in [-0.2, 0) is 4.79 Å². The largest absolute Gasteiger partial charge is 0.497 e. The zero-order valence-corrected chi connectivity index (χ0v) is 13.4. The first-order chi connectivity index (χ1) is 11.5. The number of nitrogens with one attached hydrogen (secondary N) is 1. The molecule has 1 amide bonds. The van der Waals surface area contributed by atoms with Crippen LogP contribution < -0.4 is 14.8 Å². The molecule has 0 aliphatic carbocycles. The SMILES string of the molecule is CC[C@H](Oc1ccc(OC)cc1)C(=O)Nc1cccc([N+](=O)[O-])c1. The summed E-state index contributed by atoms with van der Waals surface area (Å²) in [5.41, 5.74) is 0.267. The number of carbonyl (C=O) groups excluding carboxylic acids is 1. The Morgan fingerprint density at radius 2 is 1.88 bits per heavy atom. The first kappa shape index (κ1) is 17.3. The van der Waals surface area contributed by atoms with E-state index in [1.54, 1.807) is 37.4 Å². The first-order valence-electron chi connectivity index (χ1n) is 7.39. The van der Waals surface area contributed by atoms with Gasteiger partial charge in [0.25, 0.3) is 11.6 Å². The van der Waals surface area contributed by atoms with Crippen molar-refractivity contribution in [1.29, 1.82) is 0 Å². The van der Waals surface area contributed by atoms with Crippen LogP contribution in [0.5, 0.6) is 11.5 Å². The van der Waals surface area contributed by atoms with Crippen LogP contribution in [0, 0.1) is 10.1 Å². The van der Waals surface area contributed by atoms with E-state index in [4.69, 9.17) is 9.47 Å². The maximum Gasteiger partial charge on any atom is 0.271 e. The maximum absolute atomic E-state index is 12.3. The van der Waals surface area contributed by atoms with Gasteiger partial charge in [0.2, 0.25) is 0 Å². The molecular weight excluding hydrogens is 312 g/mol. The average molecular weight is 330 g/mol. The Hall–Kier alpha value is -3.09. The lowest BCUT2D eigenvalue weighted by Crippen LogP contribution is -2.32. The Bertz CT molecular complexity index is 715. The molecule has 2 rings (SSSR count). The summed E-state index contributed by atoms with van der Waals surface area (Å²) in [6.45, 7) is 1.82. The van der Waals surface area contributed by atoms with Crippen molar-refractivity contribution in [2.45, 2.75) is 19.4 Å². The van der Waals surface area contributed by atoms with Crippen LogP contribution in [0.1, 0.15) is 13.3 Å². The molecule has 126 valence electrons. The van der Waals surface area contributed by atoms with Gasteiger partial charge in [-0.25, -0.2) is 0 Å². The molecule has 2 aromatic rings. The molecule has 7 heteroatoms. The van der Waals surface area contributed by atoms with Crippen molar-refractivity contribution in [3.05, 3.63) is 58.6 Å². The van der Waals surface area contributed by atoms with Crippen molar-refractivity contribution in [3.63, 3.8) is 0 Å². The highest BCUT2D eigenvalue weighted by Gasteiger charge is 2.19. The lowest BCUT2D eigenvalue weighted by Gasteiger charge is -2.17. The highest BCUT2D eigenvalue weighted by atomic mass is 16.6. The standard InChI is InChI=1S/C17H18N2O5/c1-3-16(24-15-9-7-14(23-2)8-10-15)17(20)18-12-5-4-6-13(11-12)19(21)22/h4-11,16H,3H2,1-2H3,(H,18,20)/t16-/m0/s1. The zero-order valence-electron chi connectivity index (χ0n) is 13.4. The van der Waals surface area contributed by atoms with Crippen molar-refractivity contribution in [2.75, 3.05) is 12.4 Å². The van der Waals surface area contributed by atoms with Crippen LogP contribution in [0.3, 0.4) is 0 Å². The van der Waals surface area contributed by atoms with Crippen LogP contribution in [0.25, 0.3) is 0 Å². The van der Waals surface area contributed by atoms with Crippen LogP contribution in [0.15, 0.2) is 48.5 Å². The van der Waals surface area contributed by atoms with Gasteiger partial charge >= 0.3 is 0 Å². The number of nitro benzene ring substituents is 1. The van der Waals surface area contributed by atoms with Gasteiger partial charge in [0.1, 0.15) is 11.5 Å². The number of nitro groups is 1. The van der Waals surface area contributed by atoms with Crippen molar-refractivity contribution < 1.29 is 19.2 Å². The number of carbonyl (C=O) groups is 1. The molecule has 7 nitrogen and oxygen atoms in total. The van der Waals surface area contributed by atoms with E-state index in [0.717, 1.165) is 0 Å². The zero-order chi connectivity index (χ0) is 17.5. The molecule has 1 N–H and O–H groups in total. The van der Waals surface area contributed by atoms with Crippen LogP contribution in [0.2, 0.25) is 0 Å². The summed E-state index contributed by atoms with van der Waals surface area (Å²) in [4.78, 5) is 22.6. The molecule has 2 aromatic carbocycles. The number of rotatable bonds is 7. The molecule has 1 atom stereocenters. The summed E-state index contributed by atoms with van der Waals surface area (Å²) in [7, 11) is 1.57. The van der Waals surface area contributed by atoms with Crippen molar-refractivity contribution in [3.8, 4) is 11.5 Å². The summed E-state index contributed by atoms with van der Waals surface area (Å²) in [6.07, 6.45) is -0.259. The molecule has 0 aromatic heterocycles. The van der Waals surface area contributed by atoms with E-state index in [9.17, 15) is 14.9 Å². The predicted octanol–water partition coefficient (Wildman–Crippen LogP) is 3.40. The Morgan fingerprint density at radius 1 is 1.21 bits per heavy atom. The second kappa shape index (κ2) is 7.96. The van der Waals surface area contributed by atoms with Gasteiger partial charge in [-0.15, -0.1) is 0 Å². The minimum absolute atomic E-state index is 0.0862. The topological polar surface area (TPSA) is 90.7 Å². The van der Waals surface area contributed by atoms with E-state index >= 15 is 0 Å². The lowest BCUT2D eigenvalue weighted by molar-refractivity contribution is -0.384. The highest BCUT2D eigenvalue weighted by Crippen LogP contribution is 2.21. The molecule has 0 fully saturated rings. The Balaban J connectivity index is 2.05. The number of nitrogens with zero attached hydrogens (tertiary/aromatic N) is 1. The monoisotopic (exact) mass is 330 g/mol. The van der Waals surface area contributed by atoms with Gasteiger partial charge in [0, 0.05) is 17.8 Å². The minimum atomic E-state index is -0.711. The van der Waals surface area contributed by atoms with E-state index in [0.29, 0.717) is 23.6 Å². The highest BCUT2D eigenvalue weighted by molar-refractivity contribution is 5.94. The third-order valence-corrected chi connectivity index (χ3v) is 3.33. The third-order valence-electron chi connectivity index (χ3n) is 3.33. The normalized spacial score (nSPS) is 11.4. The second-order valence-electron chi connectivity index (χ2n) is 4.99. The molecular formula is C17H18N2O5. The molecule has 0 saturated carbocycles. The second-order valence-corrected chi connectivity index (χ2v) is 4.99. The minimum Gasteiger partial charge on any atom is -0.497 e. The van der Waals surface area contributed by atoms with Gasteiger partial charge in [0.15, 0.2) is 6.10 Å². The van der Waals surface area contributed by atoms with E-state index in [1.165, 1.54) is 18.2 Å².